The average molecular weight is 569 g/mol. The van der Waals surface area contributed by atoms with E-state index in [2.05, 4.69) is 27.2 Å². The van der Waals surface area contributed by atoms with E-state index in [4.69, 9.17) is 4.74 Å². The van der Waals surface area contributed by atoms with Crippen LogP contribution in [0.4, 0.5) is 11.4 Å². The van der Waals surface area contributed by atoms with Crippen LogP contribution in [0.5, 0.6) is 0 Å². The van der Waals surface area contributed by atoms with Crippen LogP contribution in [0.25, 0.3) is 0 Å². The molecule has 0 aliphatic carbocycles. The smallest absolute Gasteiger partial charge is 0.283 e. The molecule has 1 unspecified atom stereocenters. The summed E-state index contributed by atoms with van der Waals surface area (Å²) in [4.78, 5) is 17.6. The third-order valence-corrected chi connectivity index (χ3v) is 8.24. The van der Waals surface area contributed by atoms with Gasteiger partial charge in [-0.05, 0) is 62.6 Å². The Balaban J connectivity index is 1.79. The van der Waals surface area contributed by atoms with Gasteiger partial charge in [0, 0.05) is 19.6 Å². The van der Waals surface area contributed by atoms with Crippen LogP contribution in [0.3, 0.4) is 0 Å². The molecule has 2 aromatic rings. The maximum atomic E-state index is 13.2. The minimum Gasteiger partial charge on any atom is -0.427 e. The molecule has 2 aromatic carbocycles. The molecule has 0 bridgehead atoms. The van der Waals surface area contributed by atoms with Crippen LogP contribution < -0.4 is 5.01 Å². The summed E-state index contributed by atoms with van der Waals surface area (Å²) in [5.41, 5.74) is 2.05. The fourth-order valence-electron chi connectivity index (χ4n) is 3.85. The highest BCUT2D eigenvalue weighted by Gasteiger charge is 2.39. The second kappa shape index (κ2) is 15.4. The van der Waals surface area contributed by atoms with E-state index < -0.39 is 22.0 Å². The molecule has 10 nitrogen and oxygen atoms in total. The molecular weight excluding hydrogens is 528 g/mol. The van der Waals surface area contributed by atoms with Crippen LogP contribution in [0.1, 0.15) is 64.9 Å². The number of carbonyl (C=O) groups is 1. The first kappa shape index (κ1) is 31.1. The highest BCUT2D eigenvalue weighted by atomic mass is 32.2. The first-order valence-electron chi connectivity index (χ1n) is 14.0. The topological polar surface area (TPSA) is 116 Å². The fourth-order valence-corrected chi connectivity index (χ4v) is 5.37. The minimum absolute atomic E-state index is 0.0660. The number of rotatable bonds is 15. The van der Waals surface area contributed by atoms with Crippen molar-refractivity contribution >= 4 is 39.6 Å². The summed E-state index contributed by atoms with van der Waals surface area (Å²) in [6, 6.07) is 12.5. The van der Waals surface area contributed by atoms with Crippen LogP contribution in [0.15, 0.2) is 73.7 Å². The molecule has 11 heteroatoms. The van der Waals surface area contributed by atoms with Crippen molar-refractivity contribution in [3.8, 4) is 0 Å². The van der Waals surface area contributed by atoms with Gasteiger partial charge in [0.15, 0.2) is 6.40 Å². The van der Waals surface area contributed by atoms with Gasteiger partial charge in [-0.2, -0.15) is 19.5 Å². The van der Waals surface area contributed by atoms with Gasteiger partial charge in [0.25, 0.3) is 11.8 Å². The van der Waals surface area contributed by atoms with Gasteiger partial charge < -0.3 is 4.74 Å². The summed E-state index contributed by atoms with van der Waals surface area (Å²) >= 11 is 0. The van der Waals surface area contributed by atoms with Crippen molar-refractivity contribution in [2.45, 2.75) is 77.2 Å². The Labute approximate surface area is 237 Å². The maximum absolute atomic E-state index is 13.2. The van der Waals surface area contributed by atoms with Crippen LogP contribution in [0, 0.1) is 6.92 Å². The van der Waals surface area contributed by atoms with Crippen LogP contribution in [-0.2, 0) is 19.6 Å². The van der Waals surface area contributed by atoms with Crippen molar-refractivity contribution in [1.29, 1.82) is 0 Å². The van der Waals surface area contributed by atoms with Crippen molar-refractivity contribution in [3.63, 3.8) is 0 Å². The zero-order valence-electron chi connectivity index (χ0n) is 23.9. The van der Waals surface area contributed by atoms with E-state index >= 15 is 0 Å². The quantitative estimate of drug-likeness (QED) is 0.109. The van der Waals surface area contributed by atoms with Crippen LogP contribution in [0.2, 0.25) is 0 Å². The molecule has 1 heterocycles. The second-order valence-corrected chi connectivity index (χ2v) is 11.6. The Bertz CT molecular complexity index is 1280. The molecule has 0 saturated heterocycles. The highest BCUT2D eigenvalue weighted by molar-refractivity contribution is 7.89. The number of hydrogen-bond acceptors (Lipinski definition) is 8. The molecule has 0 radical (unpaired) electrons. The number of aliphatic imine (C=N–C) groups is 1. The summed E-state index contributed by atoms with van der Waals surface area (Å²) in [6.07, 6.45) is 6.65. The summed E-state index contributed by atoms with van der Waals surface area (Å²) < 4.78 is 33.6. The number of carbonyl (C=O) groups excluding carboxylic acids is 1. The summed E-state index contributed by atoms with van der Waals surface area (Å²) in [5.74, 6) is -0.345. The lowest BCUT2D eigenvalue weighted by molar-refractivity contribution is -0.118. The predicted molar refractivity (Wildman–Crippen MR) is 159 cm³/mol. The van der Waals surface area contributed by atoms with Gasteiger partial charge in [0.05, 0.1) is 16.3 Å². The molecule has 0 fully saturated rings. The molecule has 0 N–H and O–H groups in total. The molecule has 3 rings (SSSR count). The van der Waals surface area contributed by atoms with E-state index in [0.29, 0.717) is 31.0 Å². The number of unbranched alkanes of at least 4 members (excludes halogenated alkanes) is 3. The number of benzene rings is 2. The molecule has 40 heavy (non-hydrogen) atoms. The largest absolute Gasteiger partial charge is 0.427 e. The van der Waals surface area contributed by atoms with Crippen molar-refractivity contribution in [2.75, 3.05) is 24.6 Å². The molecule has 0 saturated carbocycles. The van der Waals surface area contributed by atoms with Gasteiger partial charge >= 0.3 is 0 Å². The number of sulfonamides is 1. The monoisotopic (exact) mass is 568 g/mol. The maximum Gasteiger partial charge on any atom is 0.283 e. The van der Waals surface area contributed by atoms with E-state index in [1.807, 2.05) is 32.9 Å². The van der Waals surface area contributed by atoms with Gasteiger partial charge in [-0.25, -0.2) is 8.42 Å². The average Bonchev–Trinajstić information content (AvgIpc) is 3.27. The second-order valence-electron chi connectivity index (χ2n) is 9.63. The number of azo groups is 1. The molecular formula is C29H40N6O4S. The third-order valence-electron chi connectivity index (χ3n) is 6.33. The van der Waals surface area contributed by atoms with Gasteiger partial charge in [0.2, 0.25) is 16.1 Å². The number of nitrogens with zero attached hydrogens (tertiary/aromatic N) is 6. The number of amides is 1. The van der Waals surface area contributed by atoms with Crippen molar-refractivity contribution in [2.24, 2.45) is 20.3 Å². The highest BCUT2D eigenvalue weighted by Crippen LogP contribution is 2.25. The Morgan fingerprint density at radius 1 is 0.950 bits per heavy atom. The van der Waals surface area contributed by atoms with Gasteiger partial charge in [-0.3, -0.25) is 9.79 Å². The lowest BCUT2D eigenvalue weighted by Gasteiger charge is -2.22. The molecule has 0 spiro atoms. The number of hydrazone groups is 1. The SMILES string of the molecule is CCCCN=COC1=NN(c2ccc(C)cc2)C(=O)C1N=Nc1ccc(S(=O)(=O)N(CCCC)CCCC)cc1. The minimum atomic E-state index is -3.62. The normalized spacial score (nSPS) is 16.0. The molecule has 1 aliphatic rings. The number of aryl methyl sites for hydroxylation is 1. The van der Waals surface area contributed by atoms with E-state index in [1.165, 1.54) is 23.5 Å². The van der Waals surface area contributed by atoms with E-state index in [1.54, 1.807) is 28.6 Å². The Kier molecular flexibility index (Phi) is 12.0. The van der Waals surface area contributed by atoms with Crippen LogP contribution >= 0.6 is 0 Å². The van der Waals surface area contributed by atoms with Crippen molar-refractivity contribution in [3.05, 3.63) is 54.1 Å². The van der Waals surface area contributed by atoms with E-state index in [9.17, 15) is 13.2 Å². The predicted octanol–water partition coefficient (Wildman–Crippen LogP) is 6.24. The number of hydrogen-bond donors (Lipinski definition) is 0. The first-order chi connectivity index (χ1) is 19.3. The van der Waals surface area contributed by atoms with Crippen molar-refractivity contribution in [1.82, 2.24) is 4.31 Å². The van der Waals surface area contributed by atoms with Gasteiger partial charge in [-0.15, -0.1) is 5.10 Å². The first-order valence-corrected chi connectivity index (χ1v) is 15.4. The molecule has 216 valence electrons. The van der Waals surface area contributed by atoms with E-state index in [-0.39, 0.29) is 10.8 Å². The zero-order valence-corrected chi connectivity index (χ0v) is 24.7. The van der Waals surface area contributed by atoms with Crippen molar-refractivity contribution < 1.29 is 17.9 Å². The molecule has 1 aliphatic heterocycles. The lowest BCUT2D eigenvalue weighted by Crippen LogP contribution is -2.33. The van der Waals surface area contributed by atoms with E-state index in [0.717, 1.165) is 44.1 Å². The summed E-state index contributed by atoms with van der Waals surface area (Å²) in [7, 11) is -3.62. The molecule has 1 amide bonds. The number of anilines is 1. The lowest BCUT2D eigenvalue weighted by atomic mass is 10.2. The zero-order chi connectivity index (χ0) is 29.0. The number of ether oxygens (including phenoxy) is 1. The fraction of sp³-hybridized carbons (Fsp3) is 0.483. The Hall–Kier alpha value is -3.44. The van der Waals surface area contributed by atoms with Gasteiger partial charge in [-0.1, -0.05) is 57.7 Å². The third kappa shape index (κ3) is 8.28. The van der Waals surface area contributed by atoms with Gasteiger partial charge in [0.1, 0.15) is 0 Å². The molecule has 1 atom stereocenters. The molecule has 0 aromatic heterocycles. The van der Waals surface area contributed by atoms with Crippen LogP contribution in [-0.4, -0.2) is 56.6 Å². The standard InChI is InChI=1S/C29H40N6O4S/c1-5-8-19-30-22-39-28-27(29(36)35(33-28)25-15-11-23(4)12-16-25)32-31-24-13-17-26(18-14-24)40(37,38)34(20-9-6-2)21-10-7-3/h11-18,22,27H,5-10,19-21H2,1-4H3. The Morgan fingerprint density at radius 2 is 1.57 bits per heavy atom. The Morgan fingerprint density at radius 3 is 2.17 bits per heavy atom. The summed E-state index contributed by atoms with van der Waals surface area (Å²) in [5, 5.41) is 14.0. The summed E-state index contributed by atoms with van der Waals surface area (Å²) in [6.45, 7) is 9.70.